The highest BCUT2D eigenvalue weighted by atomic mass is 16.3. The highest BCUT2D eigenvalue weighted by molar-refractivity contribution is 5.77. The van der Waals surface area contributed by atoms with Gasteiger partial charge >= 0.3 is 0 Å². The first-order valence-electron chi connectivity index (χ1n) is 7.00. The topological polar surface area (TPSA) is 116 Å². The summed E-state index contributed by atoms with van der Waals surface area (Å²) in [5.41, 5.74) is 4.29. The van der Waals surface area contributed by atoms with Gasteiger partial charge in [0.25, 0.3) is 0 Å². The maximum absolute atomic E-state index is 11.2. The molecule has 1 aliphatic heterocycles. The highest BCUT2D eigenvalue weighted by Crippen LogP contribution is 2.25. The Morgan fingerprint density at radius 1 is 1.57 bits per heavy atom. The molecule has 0 radical (unpaired) electrons. The zero-order chi connectivity index (χ0) is 15.3. The molecule has 0 unspecified atom stereocenters. The number of carbonyl (C=O) groups is 1. The van der Waals surface area contributed by atoms with E-state index in [4.69, 9.17) is 5.73 Å². The number of hydrogen-bond donors (Lipinski definition) is 4. The summed E-state index contributed by atoms with van der Waals surface area (Å²) < 4.78 is 0. The number of aliphatic hydroxyl groups is 1. The molecule has 0 aliphatic carbocycles. The molecule has 0 aromatic carbocycles. The minimum absolute atomic E-state index is 0.0722. The molecule has 0 bridgehead atoms. The number of rotatable bonds is 5. The van der Waals surface area contributed by atoms with Crippen molar-refractivity contribution in [3.05, 3.63) is 12.4 Å². The summed E-state index contributed by atoms with van der Waals surface area (Å²) in [6.45, 7) is 1.35. The van der Waals surface area contributed by atoms with Crippen LogP contribution >= 0.6 is 0 Å². The van der Waals surface area contributed by atoms with E-state index in [1.165, 1.54) is 6.33 Å². The lowest BCUT2D eigenvalue weighted by Crippen LogP contribution is -2.55. The average Bonchev–Trinajstić information content (AvgIpc) is 2.52. The van der Waals surface area contributed by atoms with Crippen LogP contribution in [0.25, 0.3) is 0 Å². The van der Waals surface area contributed by atoms with E-state index < -0.39 is 5.60 Å². The molecule has 21 heavy (non-hydrogen) atoms. The predicted molar refractivity (Wildman–Crippen MR) is 80.0 cm³/mol. The third-order valence-electron chi connectivity index (χ3n) is 3.59. The van der Waals surface area contributed by atoms with Crippen LogP contribution in [0.5, 0.6) is 0 Å². The number of amides is 1. The second-order valence-electron chi connectivity index (χ2n) is 5.24. The van der Waals surface area contributed by atoms with Crippen molar-refractivity contribution >= 4 is 17.5 Å². The van der Waals surface area contributed by atoms with Crippen LogP contribution in [0.2, 0.25) is 0 Å². The third-order valence-corrected chi connectivity index (χ3v) is 3.59. The summed E-state index contributed by atoms with van der Waals surface area (Å²) in [5, 5.41) is 16.2. The van der Waals surface area contributed by atoms with Crippen LogP contribution in [0.1, 0.15) is 12.8 Å². The molecule has 1 fully saturated rings. The number of carbonyl (C=O) groups excluding carboxylic acids is 1. The monoisotopic (exact) mass is 294 g/mol. The highest BCUT2D eigenvalue weighted by Gasteiger charge is 2.34. The van der Waals surface area contributed by atoms with Crippen LogP contribution in [0.3, 0.4) is 0 Å². The Bertz CT molecular complexity index is 497. The van der Waals surface area contributed by atoms with Gasteiger partial charge in [-0.1, -0.05) is 0 Å². The largest absolute Gasteiger partial charge is 0.386 e. The standard InChI is InChI=1S/C13H22N6O2/c1-15-10-5-11(18-9-17-10)19-4-2-3-13(21,8-19)7-16-12(20)6-14/h5,9,21H,2-4,6-8,14H2,1H3,(H,16,20)(H,15,17,18)/t13-/m1/s1. The summed E-state index contributed by atoms with van der Waals surface area (Å²) in [5.74, 6) is 1.23. The van der Waals surface area contributed by atoms with Gasteiger partial charge in [0.1, 0.15) is 18.0 Å². The van der Waals surface area contributed by atoms with Gasteiger partial charge in [-0.3, -0.25) is 4.79 Å². The van der Waals surface area contributed by atoms with Crippen molar-refractivity contribution in [2.75, 3.05) is 43.4 Å². The predicted octanol–water partition coefficient (Wildman–Crippen LogP) is -1.08. The minimum Gasteiger partial charge on any atom is -0.386 e. The van der Waals surface area contributed by atoms with Crippen LogP contribution in [0.4, 0.5) is 11.6 Å². The van der Waals surface area contributed by atoms with E-state index in [-0.39, 0.29) is 19.0 Å². The van der Waals surface area contributed by atoms with Gasteiger partial charge in [-0.05, 0) is 12.8 Å². The molecule has 8 heteroatoms. The Morgan fingerprint density at radius 3 is 3.10 bits per heavy atom. The van der Waals surface area contributed by atoms with Gasteiger partial charge in [-0.25, -0.2) is 9.97 Å². The number of nitrogens with two attached hydrogens (primary N) is 1. The van der Waals surface area contributed by atoms with Crippen LogP contribution in [-0.2, 0) is 4.79 Å². The molecule has 2 rings (SSSR count). The maximum atomic E-state index is 11.2. The van der Waals surface area contributed by atoms with Gasteiger partial charge in [0.2, 0.25) is 5.91 Å². The summed E-state index contributed by atoms with van der Waals surface area (Å²) in [4.78, 5) is 21.6. The number of hydrogen-bond acceptors (Lipinski definition) is 7. The van der Waals surface area contributed by atoms with Crippen molar-refractivity contribution in [1.29, 1.82) is 0 Å². The number of β-amino-alcohol motifs (C(OH)–C–C–N with tert-alkyl or cyclic N) is 1. The van der Waals surface area contributed by atoms with Gasteiger partial charge in [0.05, 0.1) is 12.1 Å². The lowest BCUT2D eigenvalue weighted by molar-refractivity contribution is -0.121. The van der Waals surface area contributed by atoms with Crippen molar-refractivity contribution in [2.24, 2.45) is 5.73 Å². The Kier molecular flexibility index (Phi) is 4.92. The Hall–Kier alpha value is -1.93. The summed E-state index contributed by atoms with van der Waals surface area (Å²) in [6, 6.07) is 1.84. The van der Waals surface area contributed by atoms with Gasteiger partial charge in [0.15, 0.2) is 0 Å². The minimum atomic E-state index is -0.964. The van der Waals surface area contributed by atoms with Gasteiger partial charge in [-0.2, -0.15) is 0 Å². The van der Waals surface area contributed by atoms with E-state index >= 15 is 0 Å². The quantitative estimate of drug-likeness (QED) is 0.546. The Balaban J connectivity index is 2.03. The fourth-order valence-corrected chi connectivity index (χ4v) is 2.44. The first-order chi connectivity index (χ1) is 10.1. The smallest absolute Gasteiger partial charge is 0.233 e. The zero-order valence-electron chi connectivity index (χ0n) is 12.2. The molecular weight excluding hydrogens is 272 g/mol. The van der Waals surface area contributed by atoms with Crippen molar-refractivity contribution in [3.8, 4) is 0 Å². The molecule has 2 heterocycles. The molecule has 0 saturated carbocycles. The van der Waals surface area contributed by atoms with Crippen LogP contribution < -0.4 is 21.3 Å². The van der Waals surface area contributed by atoms with Crippen LogP contribution in [-0.4, -0.2) is 59.8 Å². The molecule has 1 aliphatic rings. The molecule has 1 aromatic heterocycles. The normalized spacial score (nSPS) is 22.0. The summed E-state index contributed by atoms with van der Waals surface area (Å²) in [6.07, 6.45) is 2.96. The van der Waals surface area contributed by atoms with E-state index in [0.29, 0.717) is 13.0 Å². The van der Waals surface area contributed by atoms with Crippen molar-refractivity contribution in [3.63, 3.8) is 0 Å². The van der Waals surface area contributed by atoms with Crippen molar-refractivity contribution in [2.45, 2.75) is 18.4 Å². The van der Waals surface area contributed by atoms with Gasteiger partial charge in [-0.15, -0.1) is 0 Å². The van der Waals surface area contributed by atoms with E-state index in [1.54, 1.807) is 7.05 Å². The molecule has 8 nitrogen and oxygen atoms in total. The number of nitrogens with one attached hydrogen (secondary N) is 2. The number of nitrogens with zero attached hydrogens (tertiary/aromatic N) is 3. The lowest BCUT2D eigenvalue weighted by atomic mass is 9.92. The number of aromatic nitrogens is 2. The van der Waals surface area contributed by atoms with Crippen LogP contribution in [0.15, 0.2) is 12.4 Å². The molecule has 1 amide bonds. The molecule has 116 valence electrons. The zero-order valence-corrected chi connectivity index (χ0v) is 12.2. The van der Waals surface area contributed by atoms with Crippen LogP contribution in [0, 0.1) is 0 Å². The molecule has 1 atom stereocenters. The second kappa shape index (κ2) is 6.68. The first-order valence-corrected chi connectivity index (χ1v) is 7.00. The molecule has 1 saturated heterocycles. The van der Waals surface area contributed by atoms with Gasteiger partial charge < -0.3 is 26.4 Å². The number of anilines is 2. The summed E-state index contributed by atoms with van der Waals surface area (Å²) >= 11 is 0. The average molecular weight is 294 g/mol. The molecule has 5 N–H and O–H groups in total. The number of piperidine rings is 1. The summed E-state index contributed by atoms with van der Waals surface area (Å²) in [7, 11) is 1.79. The van der Waals surface area contributed by atoms with E-state index in [0.717, 1.165) is 24.6 Å². The first kappa shape index (κ1) is 15.5. The Morgan fingerprint density at radius 2 is 2.38 bits per heavy atom. The third kappa shape index (κ3) is 4.02. The molecular formula is C13H22N6O2. The van der Waals surface area contributed by atoms with E-state index in [2.05, 4.69) is 20.6 Å². The lowest BCUT2D eigenvalue weighted by Gasteiger charge is -2.39. The Labute approximate surface area is 123 Å². The van der Waals surface area contributed by atoms with Crippen molar-refractivity contribution in [1.82, 2.24) is 15.3 Å². The maximum Gasteiger partial charge on any atom is 0.233 e. The van der Waals surface area contributed by atoms with E-state index in [9.17, 15) is 9.90 Å². The van der Waals surface area contributed by atoms with E-state index in [1.807, 2.05) is 11.0 Å². The SMILES string of the molecule is CNc1cc(N2CCC[C@@](O)(CNC(=O)CN)C2)ncn1. The molecule has 1 aromatic rings. The fraction of sp³-hybridized carbons (Fsp3) is 0.615. The van der Waals surface area contributed by atoms with Crippen molar-refractivity contribution < 1.29 is 9.90 Å². The fourth-order valence-electron chi connectivity index (χ4n) is 2.44. The molecule has 0 spiro atoms. The van der Waals surface area contributed by atoms with Gasteiger partial charge in [0, 0.05) is 32.7 Å². The second-order valence-corrected chi connectivity index (χ2v) is 5.24.